The highest BCUT2D eigenvalue weighted by Gasteiger charge is 2.10. The Morgan fingerprint density at radius 3 is 2.73 bits per heavy atom. The number of carbonyl (C=O) groups excluding carboxylic acids is 1. The fourth-order valence-electron chi connectivity index (χ4n) is 2.49. The SMILES string of the molecule is Cc1nc(NCCc2cccc(Cl)c2)cc(C(=O)NCCCN(C)C)n1. The standard InChI is InChI=1S/C19H26ClN5O/c1-14-23-17(19(26)22-9-5-11-25(2)3)13-18(24-14)21-10-8-15-6-4-7-16(20)12-15/h4,6-7,12-13H,5,8-11H2,1-3H3,(H,22,26)(H,21,23,24). The third kappa shape index (κ3) is 6.98. The van der Waals surface area contributed by atoms with Crippen LogP contribution in [0, 0.1) is 6.92 Å². The maximum absolute atomic E-state index is 12.3. The maximum Gasteiger partial charge on any atom is 0.270 e. The van der Waals surface area contributed by atoms with Crippen LogP contribution in [0.1, 0.15) is 28.3 Å². The van der Waals surface area contributed by atoms with Crippen molar-refractivity contribution in [3.8, 4) is 0 Å². The van der Waals surface area contributed by atoms with E-state index in [1.165, 1.54) is 0 Å². The van der Waals surface area contributed by atoms with Crippen molar-refractivity contribution >= 4 is 23.3 Å². The summed E-state index contributed by atoms with van der Waals surface area (Å²) in [6, 6.07) is 9.46. The molecule has 0 aliphatic rings. The highest BCUT2D eigenvalue weighted by molar-refractivity contribution is 6.30. The van der Waals surface area contributed by atoms with Gasteiger partial charge in [-0.05, 0) is 58.1 Å². The predicted octanol–water partition coefficient (Wildman–Crippen LogP) is 2.77. The fourth-order valence-corrected chi connectivity index (χ4v) is 2.70. The molecule has 140 valence electrons. The molecule has 1 heterocycles. The van der Waals surface area contributed by atoms with E-state index in [9.17, 15) is 4.79 Å². The molecule has 0 saturated carbocycles. The Kier molecular flexibility index (Phi) is 7.81. The monoisotopic (exact) mass is 375 g/mol. The third-order valence-electron chi connectivity index (χ3n) is 3.75. The number of aryl methyl sites for hydroxylation is 1. The minimum atomic E-state index is -0.174. The topological polar surface area (TPSA) is 70.2 Å². The van der Waals surface area contributed by atoms with Crippen LogP contribution < -0.4 is 10.6 Å². The van der Waals surface area contributed by atoms with E-state index < -0.39 is 0 Å². The van der Waals surface area contributed by atoms with E-state index in [1.54, 1.807) is 13.0 Å². The van der Waals surface area contributed by atoms with Crippen molar-refractivity contribution in [2.75, 3.05) is 39.0 Å². The number of amides is 1. The molecule has 2 rings (SSSR count). The summed E-state index contributed by atoms with van der Waals surface area (Å²) in [5.41, 5.74) is 1.53. The van der Waals surface area contributed by atoms with Gasteiger partial charge in [-0.25, -0.2) is 9.97 Å². The minimum absolute atomic E-state index is 0.174. The van der Waals surface area contributed by atoms with Gasteiger partial charge in [0.15, 0.2) is 0 Å². The molecule has 7 heteroatoms. The number of hydrogen-bond acceptors (Lipinski definition) is 5. The van der Waals surface area contributed by atoms with Crippen molar-refractivity contribution in [2.45, 2.75) is 19.8 Å². The lowest BCUT2D eigenvalue weighted by Crippen LogP contribution is -2.28. The van der Waals surface area contributed by atoms with Gasteiger partial charge in [-0.1, -0.05) is 23.7 Å². The average Bonchev–Trinajstić information content (AvgIpc) is 2.58. The Labute approximate surface area is 160 Å². The van der Waals surface area contributed by atoms with Gasteiger partial charge in [-0.15, -0.1) is 0 Å². The van der Waals surface area contributed by atoms with Gasteiger partial charge in [0, 0.05) is 24.2 Å². The van der Waals surface area contributed by atoms with Crippen molar-refractivity contribution in [1.82, 2.24) is 20.2 Å². The van der Waals surface area contributed by atoms with Gasteiger partial charge in [0.05, 0.1) is 0 Å². The Morgan fingerprint density at radius 2 is 2.00 bits per heavy atom. The van der Waals surface area contributed by atoms with Gasteiger partial charge in [0.2, 0.25) is 0 Å². The summed E-state index contributed by atoms with van der Waals surface area (Å²) >= 11 is 6.00. The van der Waals surface area contributed by atoms with E-state index in [0.29, 0.717) is 30.4 Å². The van der Waals surface area contributed by atoms with Crippen LogP contribution in [0.3, 0.4) is 0 Å². The van der Waals surface area contributed by atoms with E-state index in [0.717, 1.165) is 30.0 Å². The van der Waals surface area contributed by atoms with Gasteiger partial charge >= 0.3 is 0 Å². The Balaban J connectivity index is 1.88. The molecule has 0 fully saturated rings. The summed E-state index contributed by atoms with van der Waals surface area (Å²) in [7, 11) is 4.02. The summed E-state index contributed by atoms with van der Waals surface area (Å²) in [4.78, 5) is 22.9. The number of hydrogen-bond donors (Lipinski definition) is 2. The van der Waals surface area contributed by atoms with Gasteiger partial charge in [0.1, 0.15) is 17.3 Å². The number of nitrogens with zero attached hydrogens (tertiary/aromatic N) is 3. The number of halogens is 1. The number of carbonyl (C=O) groups is 1. The zero-order chi connectivity index (χ0) is 18.9. The lowest BCUT2D eigenvalue weighted by Gasteiger charge is -2.11. The molecule has 0 radical (unpaired) electrons. The Bertz CT molecular complexity index is 736. The molecule has 26 heavy (non-hydrogen) atoms. The molecule has 0 aliphatic heterocycles. The second-order valence-electron chi connectivity index (χ2n) is 6.41. The number of aromatic nitrogens is 2. The van der Waals surface area contributed by atoms with Gasteiger partial charge < -0.3 is 15.5 Å². The lowest BCUT2D eigenvalue weighted by molar-refractivity contribution is 0.0947. The van der Waals surface area contributed by atoms with Crippen LogP contribution in [-0.4, -0.2) is 54.5 Å². The van der Waals surface area contributed by atoms with Crippen LogP contribution in [0.25, 0.3) is 0 Å². The summed E-state index contributed by atoms with van der Waals surface area (Å²) in [5.74, 6) is 1.04. The molecule has 1 aromatic carbocycles. The molecule has 0 spiro atoms. The van der Waals surface area contributed by atoms with Crippen LogP contribution >= 0.6 is 11.6 Å². The molecule has 0 atom stereocenters. The number of benzene rings is 1. The molecular weight excluding hydrogens is 350 g/mol. The second kappa shape index (κ2) is 10.1. The second-order valence-corrected chi connectivity index (χ2v) is 6.84. The number of anilines is 1. The third-order valence-corrected chi connectivity index (χ3v) is 3.98. The molecule has 2 aromatic rings. The normalized spacial score (nSPS) is 10.8. The first-order valence-corrected chi connectivity index (χ1v) is 9.09. The quantitative estimate of drug-likeness (QED) is 0.659. The minimum Gasteiger partial charge on any atom is -0.370 e. The average molecular weight is 376 g/mol. The van der Waals surface area contributed by atoms with E-state index >= 15 is 0 Å². The number of nitrogens with one attached hydrogen (secondary N) is 2. The van der Waals surface area contributed by atoms with Crippen LogP contribution in [0.5, 0.6) is 0 Å². The van der Waals surface area contributed by atoms with Crippen LogP contribution in [-0.2, 0) is 6.42 Å². The van der Waals surface area contributed by atoms with Gasteiger partial charge in [0.25, 0.3) is 5.91 Å². The molecule has 2 N–H and O–H groups in total. The summed E-state index contributed by atoms with van der Waals surface area (Å²) in [6.07, 6.45) is 1.71. The smallest absolute Gasteiger partial charge is 0.270 e. The lowest BCUT2D eigenvalue weighted by atomic mass is 10.1. The van der Waals surface area contributed by atoms with E-state index in [1.807, 2.05) is 38.4 Å². The molecule has 0 aliphatic carbocycles. The Hall–Kier alpha value is -2.18. The number of rotatable bonds is 9. The van der Waals surface area contributed by atoms with E-state index in [-0.39, 0.29) is 5.91 Å². The highest BCUT2D eigenvalue weighted by atomic mass is 35.5. The van der Waals surface area contributed by atoms with Crippen molar-refractivity contribution in [1.29, 1.82) is 0 Å². The van der Waals surface area contributed by atoms with Crippen molar-refractivity contribution in [2.24, 2.45) is 0 Å². The van der Waals surface area contributed by atoms with Crippen molar-refractivity contribution in [3.05, 3.63) is 52.4 Å². The summed E-state index contributed by atoms with van der Waals surface area (Å²) in [6.45, 7) is 4.03. The van der Waals surface area contributed by atoms with Gasteiger partial charge in [-0.3, -0.25) is 4.79 Å². The molecular formula is C19H26ClN5O. The molecule has 0 bridgehead atoms. The zero-order valence-corrected chi connectivity index (χ0v) is 16.3. The molecule has 6 nitrogen and oxygen atoms in total. The fraction of sp³-hybridized carbons (Fsp3) is 0.421. The van der Waals surface area contributed by atoms with Crippen LogP contribution in [0.4, 0.5) is 5.82 Å². The largest absolute Gasteiger partial charge is 0.370 e. The zero-order valence-electron chi connectivity index (χ0n) is 15.6. The first-order valence-electron chi connectivity index (χ1n) is 8.71. The van der Waals surface area contributed by atoms with Crippen LogP contribution in [0.15, 0.2) is 30.3 Å². The van der Waals surface area contributed by atoms with Crippen LogP contribution in [0.2, 0.25) is 5.02 Å². The van der Waals surface area contributed by atoms with E-state index in [4.69, 9.17) is 11.6 Å². The highest BCUT2D eigenvalue weighted by Crippen LogP contribution is 2.12. The predicted molar refractivity (Wildman–Crippen MR) is 106 cm³/mol. The first kappa shape index (κ1) is 20.1. The molecule has 1 aromatic heterocycles. The maximum atomic E-state index is 12.3. The molecule has 0 saturated heterocycles. The summed E-state index contributed by atoms with van der Waals surface area (Å²) < 4.78 is 0. The molecule has 1 amide bonds. The van der Waals surface area contributed by atoms with Crippen molar-refractivity contribution < 1.29 is 4.79 Å². The van der Waals surface area contributed by atoms with Crippen molar-refractivity contribution in [3.63, 3.8) is 0 Å². The summed E-state index contributed by atoms with van der Waals surface area (Å²) in [5, 5.41) is 6.88. The van der Waals surface area contributed by atoms with Gasteiger partial charge in [-0.2, -0.15) is 0 Å². The Morgan fingerprint density at radius 1 is 1.19 bits per heavy atom. The van der Waals surface area contributed by atoms with E-state index in [2.05, 4.69) is 25.5 Å². The first-order chi connectivity index (χ1) is 12.4. The molecule has 0 unspecified atom stereocenters.